The Hall–Kier alpha value is -2.07. The lowest BCUT2D eigenvalue weighted by atomic mass is 9.99. The number of carbonyl (C=O) groups is 2. The fourth-order valence-electron chi connectivity index (χ4n) is 2.34. The molecule has 0 spiro atoms. The maximum Gasteiger partial charge on any atom is 0.414 e. The van der Waals surface area contributed by atoms with Gasteiger partial charge in [0.25, 0.3) is 5.91 Å². The Labute approximate surface area is 144 Å². The van der Waals surface area contributed by atoms with Crippen molar-refractivity contribution >= 4 is 12.0 Å². The molecule has 0 aromatic carbocycles. The third-order valence-corrected chi connectivity index (χ3v) is 3.70. The van der Waals surface area contributed by atoms with E-state index in [0.29, 0.717) is 19.0 Å². The van der Waals surface area contributed by atoms with E-state index in [1.807, 2.05) is 6.07 Å². The van der Waals surface area contributed by atoms with Crippen molar-refractivity contribution in [2.75, 3.05) is 26.2 Å². The molecule has 2 amide bonds. The van der Waals surface area contributed by atoms with E-state index < -0.39 is 11.7 Å². The Bertz CT molecular complexity index is 523. The number of hydrogen-bond acceptors (Lipinski definition) is 5. The number of carbonyl (C=O) groups excluding carboxylic acids is 2. The summed E-state index contributed by atoms with van der Waals surface area (Å²) in [5.74, 6) is 0.231. The minimum Gasteiger partial charge on any atom is -0.443 e. The highest BCUT2D eigenvalue weighted by atomic mass is 16.6. The second-order valence-corrected chi connectivity index (χ2v) is 7.09. The maximum atomic E-state index is 12.5. The molecule has 0 aromatic heterocycles. The summed E-state index contributed by atoms with van der Waals surface area (Å²) < 4.78 is 5.29. The summed E-state index contributed by atoms with van der Waals surface area (Å²) in [5, 5.41) is 9.33. The zero-order valence-electron chi connectivity index (χ0n) is 15.0. The third-order valence-electron chi connectivity index (χ3n) is 3.70. The van der Waals surface area contributed by atoms with E-state index in [-0.39, 0.29) is 24.6 Å². The van der Waals surface area contributed by atoms with Crippen molar-refractivity contribution in [3.8, 4) is 6.07 Å². The van der Waals surface area contributed by atoms with Crippen LogP contribution in [-0.4, -0.2) is 53.6 Å². The Morgan fingerprint density at radius 1 is 1.38 bits per heavy atom. The van der Waals surface area contributed by atoms with E-state index in [9.17, 15) is 14.9 Å². The van der Waals surface area contributed by atoms with Gasteiger partial charge < -0.3 is 15.4 Å². The molecule has 2 N–H and O–H groups in total. The highest BCUT2D eigenvalue weighted by Crippen LogP contribution is 2.18. The summed E-state index contributed by atoms with van der Waals surface area (Å²) in [7, 11) is 0. The molecule has 24 heavy (non-hydrogen) atoms. The summed E-state index contributed by atoms with van der Waals surface area (Å²) in [6.07, 6.45) is 2.47. The normalized spacial score (nSPS) is 16.5. The molecule has 0 bridgehead atoms. The SMILES string of the molecule is CC1CCN(C(=O)/C(C#N)=C\N(CCN)C(=O)OC(C)(C)C)CC1. The number of rotatable bonds is 4. The maximum absolute atomic E-state index is 12.5. The fourth-order valence-corrected chi connectivity index (χ4v) is 2.34. The molecule has 0 aliphatic carbocycles. The lowest BCUT2D eigenvalue weighted by Gasteiger charge is -2.30. The van der Waals surface area contributed by atoms with Crippen molar-refractivity contribution < 1.29 is 14.3 Å². The van der Waals surface area contributed by atoms with Crippen LogP contribution in [0.2, 0.25) is 0 Å². The largest absolute Gasteiger partial charge is 0.443 e. The molecular formula is C17H28N4O3. The van der Waals surface area contributed by atoms with Crippen LogP contribution in [0.25, 0.3) is 0 Å². The van der Waals surface area contributed by atoms with Gasteiger partial charge in [-0.3, -0.25) is 9.69 Å². The van der Waals surface area contributed by atoms with Crippen molar-refractivity contribution in [3.05, 3.63) is 11.8 Å². The predicted octanol–water partition coefficient (Wildman–Crippen LogP) is 1.85. The van der Waals surface area contributed by atoms with E-state index in [1.165, 1.54) is 11.1 Å². The Morgan fingerprint density at radius 3 is 2.42 bits per heavy atom. The fraction of sp³-hybridized carbons (Fsp3) is 0.706. The second-order valence-electron chi connectivity index (χ2n) is 7.09. The van der Waals surface area contributed by atoms with Crippen molar-refractivity contribution in [2.45, 2.75) is 46.1 Å². The smallest absolute Gasteiger partial charge is 0.414 e. The first-order chi connectivity index (χ1) is 11.2. The van der Waals surface area contributed by atoms with Crippen LogP contribution in [0.4, 0.5) is 4.79 Å². The average molecular weight is 336 g/mol. The van der Waals surface area contributed by atoms with Gasteiger partial charge in [-0.15, -0.1) is 0 Å². The molecule has 0 unspecified atom stereocenters. The van der Waals surface area contributed by atoms with Crippen LogP contribution in [0.3, 0.4) is 0 Å². The first-order valence-corrected chi connectivity index (χ1v) is 8.28. The summed E-state index contributed by atoms with van der Waals surface area (Å²) in [6, 6.07) is 1.90. The topological polar surface area (TPSA) is 99.7 Å². The summed E-state index contributed by atoms with van der Waals surface area (Å²) in [5.41, 5.74) is 4.78. The number of nitriles is 1. The zero-order valence-corrected chi connectivity index (χ0v) is 15.0. The summed E-state index contributed by atoms with van der Waals surface area (Å²) in [6.45, 7) is 9.02. The molecule has 1 aliphatic rings. The number of nitrogens with two attached hydrogens (primary N) is 1. The molecule has 7 nitrogen and oxygen atoms in total. The van der Waals surface area contributed by atoms with Gasteiger partial charge >= 0.3 is 6.09 Å². The zero-order chi connectivity index (χ0) is 18.3. The van der Waals surface area contributed by atoms with Gasteiger partial charge in [-0.2, -0.15) is 5.26 Å². The number of nitrogens with zero attached hydrogens (tertiary/aromatic N) is 3. The van der Waals surface area contributed by atoms with Gasteiger partial charge in [0, 0.05) is 32.4 Å². The van der Waals surface area contributed by atoms with Gasteiger partial charge in [-0.1, -0.05) is 6.92 Å². The molecular weight excluding hydrogens is 308 g/mol. The highest BCUT2D eigenvalue weighted by Gasteiger charge is 2.26. The molecule has 1 heterocycles. The first kappa shape index (κ1) is 20.0. The standard InChI is InChI=1S/C17H28N4O3/c1-13-5-8-20(9-6-13)15(22)14(11-19)12-21(10-7-18)16(23)24-17(2,3)4/h12-13H,5-10,18H2,1-4H3/b14-12-. The Kier molecular flexibility index (Phi) is 7.23. The Balaban J connectivity index is 2.90. The molecule has 1 saturated heterocycles. The van der Waals surface area contributed by atoms with Crippen LogP contribution in [0.15, 0.2) is 11.8 Å². The number of likely N-dealkylation sites (tertiary alicyclic amines) is 1. The van der Waals surface area contributed by atoms with E-state index in [1.54, 1.807) is 25.7 Å². The molecule has 134 valence electrons. The predicted molar refractivity (Wildman–Crippen MR) is 90.7 cm³/mol. The first-order valence-electron chi connectivity index (χ1n) is 8.28. The van der Waals surface area contributed by atoms with Crippen molar-refractivity contribution in [3.63, 3.8) is 0 Å². The average Bonchev–Trinajstić information content (AvgIpc) is 2.49. The highest BCUT2D eigenvalue weighted by molar-refractivity contribution is 5.97. The molecule has 0 radical (unpaired) electrons. The molecule has 0 atom stereocenters. The number of piperidine rings is 1. The summed E-state index contributed by atoms with van der Waals surface area (Å²) in [4.78, 5) is 27.6. The Morgan fingerprint density at radius 2 is 1.96 bits per heavy atom. The van der Waals surface area contributed by atoms with Crippen molar-refractivity contribution in [1.82, 2.24) is 9.80 Å². The lowest BCUT2D eigenvalue weighted by Crippen LogP contribution is -2.40. The van der Waals surface area contributed by atoms with E-state index >= 15 is 0 Å². The monoisotopic (exact) mass is 336 g/mol. The number of ether oxygens (including phenoxy) is 1. The van der Waals surface area contributed by atoms with Gasteiger partial charge in [0.15, 0.2) is 0 Å². The second kappa shape index (κ2) is 8.69. The van der Waals surface area contributed by atoms with Crippen LogP contribution in [0, 0.1) is 17.2 Å². The van der Waals surface area contributed by atoms with Crippen LogP contribution >= 0.6 is 0 Å². The number of amides is 2. The quantitative estimate of drug-likeness (QED) is 0.624. The molecule has 0 aromatic rings. The number of hydrogen-bond donors (Lipinski definition) is 1. The van der Waals surface area contributed by atoms with Gasteiger partial charge in [0.1, 0.15) is 17.2 Å². The van der Waals surface area contributed by atoms with Crippen LogP contribution in [-0.2, 0) is 9.53 Å². The molecule has 1 rings (SSSR count). The van der Waals surface area contributed by atoms with Gasteiger partial charge in [0.05, 0.1) is 0 Å². The lowest BCUT2D eigenvalue weighted by molar-refractivity contribution is -0.128. The van der Waals surface area contributed by atoms with Crippen LogP contribution in [0.5, 0.6) is 0 Å². The molecule has 1 aliphatic heterocycles. The summed E-state index contributed by atoms with van der Waals surface area (Å²) >= 11 is 0. The van der Waals surface area contributed by atoms with Gasteiger partial charge in [-0.05, 0) is 39.5 Å². The van der Waals surface area contributed by atoms with E-state index in [0.717, 1.165) is 12.8 Å². The minimum atomic E-state index is -0.669. The third kappa shape index (κ3) is 6.20. The molecule has 7 heteroatoms. The molecule has 0 saturated carbocycles. The molecule has 1 fully saturated rings. The van der Waals surface area contributed by atoms with Gasteiger partial charge in [-0.25, -0.2) is 4.79 Å². The van der Waals surface area contributed by atoms with E-state index in [4.69, 9.17) is 10.5 Å². The van der Waals surface area contributed by atoms with Crippen molar-refractivity contribution in [2.24, 2.45) is 11.7 Å². The minimum absolute atomic E-state index is 0.0798. The van der Waals surface area contributed by atoms with Crippen molar-refractivity contribution in [1.29, 1.82) is 5.26 Å². The van der Waals surface area contributed by atoms with E-state index in [2.05, 4.69) is 6.92 Å². The van der Waals surface area contributed by atoms with Gasteiger partial charge in [0.2, 0.25) is 0 Å². The van der Waals surface area contributed by atoms with Crippen LogP contribution in [0.1, 0.15) is 40.5 Å². The van der Waals surface area contributed by atoms with Crippen LogP contribution < -0.4 is 5.73 Å².